The van der Waals surface area contributed by atoms with Crippen LogP contribution in [-0.2, 0) is 4.79 Å². The molecule has 104 valence electrons. The van der Waals surface area contributed by atoms with Crippen LogP contribution in [0.2, 0.25) is 0 Å². The van der Waals surface area contributed by atoms with Crippen LogP contribution in [0, 0.1) is 17.8 Å². The second-order valence-electron chi connectivity index (χ2n) is 6.67. The van der Waals surface area contributed by atoms with E-state index in [2.05, 4.69) is 6.92 Å². The summed E-state index contributed by atoms with van der Waals surface area (Å²) >= 11 is 0. The van der Waals surface area contributed by atoms with Crippen LogP contribution in [0.1, 0.15) is 84.0 Å². The quantitative estimate of drug-likeness (QED) is 0.661. The zero-order valence-corrected chi connectivity index (χ0v) is 12.1. The number of ketones is 1. The van der Waals surface area contributed by atoms with E-state index in [0.717, 1.165) is 24.7 Å². The molecule has 0 unspecified atom stereocenters. The van der Waals surface area contributed by atoms with Gasteiger partial charge in [0, 0.05) is 12.3 Å². The molecule has 0 saturated heterocycles. The zero-order chi connectivity index (χ0) is 12.8. The summed E-state index contributed by atoms with van der Waals surface area (Å²) in [4.78, 5) is 11.9. The highest BCUT2D eigenvalue weighted by Crippen LogP contribution is 2.37. The molecule has 0 bridgehead atoms. The van der Waals surface area contributed by atoms with Gasteiger partial charge in [0.15, 0.2) is 0 Å². The fourth-order valence-electron chi connectivity index (χ4n) is 4.06. The van der Waals surface area contributed by atoms with Gasteiger partial charge in [-0.2, -0.15) is 0 Å². The van der Waals surface area contributed by atoms with Crippen molar-refractivity contribution in [3.05, 3.63) is 0 Å². The molecule has 2 saturated carbocycles. The highest BCUT2D eigenvalue weighted by molar-refractivity contribution is 5.80. The van der Waals surface area contributed by atoms with E-state index < -0.39 is 0 Å². The minimum atomic E-state index is 0.424. The van der Waals surface area contributed by atoms with Crippen LogP contribution < -0.4 is 0 Å². The van der Waals surface area contributed by atoms with Crippen LogP contribution in [0.5, 0.6) is 0 Å². The van der Waals surface area contributed by atoms with E-state index in [4.69, 9.17) is 0 Å². The van der Waals surface area contributed by atoms with Gasteiger partial charge in [-0.05, 0) is 50.4 Å². The van der Waals surface area contributed by atoms with Crippen molar-refractivity contribution in [3.8, 4) is 0 Å². The molecule has 0 amide bonds. The van der Waals surface area contributed by atoms with Crippen molar-refractivity contribution >= 4 is 5.78 Å². The first-order chi connectivity index (χ1) is 8.79. The van der Waals surface area contributed by atoms with E-state index >= 15 is 0 Å². The van der Waals surface area contributed by atoms with Crippen LogP contribution in [0.3, 0.4) is 0 Å². The predicted octanol–water partition coefficient (Wildman–Crippen LogP) is 5.13. The average molecular weight is 250 g/mol. The first-order valence-electron chi connectivity index (χ1n) is 8.32. The molecular formula is C17H30O. The summed E-state index contributed by atoms with van der Waals surface area (Å²) < 4.78 is 0. The summed E-state index contributed by atoms with van der Waals surface area (Å²) in [6.45, 7) is 2.12. The molecule has 2 aliphatic carbocycles. The van der Waals surface area contributed by atoms with Gasteiger partial charge in [0.1, 0.15) is 5.78 Å². The number of hydrogen-bond acceptors (Lipinski definition) is 1. The van der Waals surface area contributed by atoms with E-state index in [9.17, 15) is 4.79 Å². The van der Waals surface area contributed by atoms with Gasteiger partial charge >= 0.3 is 0 Å². The molecule has 1 heteroatoms. The third-order valence-corrected chi connectivity index (χ3v) is 5.19. The highest BCUT2D eigenvalue weighted by Gasteiger charge is 2.27. The van der Waals surface area contributed by atoms with Crippen molar-refractivity contribution in [2.45, 2.75) is 84.0 Å². The second-order valence-corrected chi connectivity index (χ2v) is 6.67. The maximum Gasteiger partial charge on any atom is 0.135 e. The molecule has 2 rings (SSSR count). The molecule has 2 fully saturated rings. The standard InChI is InChI=1S/C17H30O/c1-2-6-17(18)16-11-9-15(10-12-16)13-14-7-4-3-5-8-14/h14-16H,2-13H2,1H3. The molecule has 0 N–H and O–H groups in total. The Kier molecular flexibility index (Phi) is 5.72. The Morgan fingerprint density at radius 3 is 2.11 bits per heavy atom. The van der Waals surface area contributed by atoms with E-state index in [1.165, 1.54) is 64.2 Å². The van der Waals surface area contributed by atoms with Gasteiger partial charge in [-0.1, -0.05) is 39.0 Å². The monoisotopic (exact) mass is 250 g/mol. The van der Waals surface area contributed by atoms with Gasteiger partial charge in [-0.3, -0.25) is 4.79 Å². The smallest absolute Gasteiger partial charge is 0.135 e. The average Bonchev–Trinajstić information content (AvgIpc) is 2.41. The lowest BCUT2D eigenvalue weighted by Crippen LogP contribution is -2.23. The summed E-state index contributed by atoms with van der Waals surface area (Å²) in [5.41, 5.74) is 0. The van der Waals surface area contributed by atoms with E-state index in [1.807, 2.05) is 0 Å². The van der Waals surface area contributed by atoms with Crippen LogP contribution in [0.25, 0.3) is 0 Å². The van der Waals surface area contributed by atoms with Crippen molar-refractivity contribution in [2.75, 3.05) is 0 Å². The minimum absolute atomic E-state index is 0.424. The maximum absolute atomic E-state index is 11.9. The molecule has 0 radical (unpaired) electrons. The molecule has 0 heterocycles. The van der Waals surface area contributed by atoms with E-state index in [1.54, 1.807) is 0 Å². The number of rotatable bonds is 5. The molecule has 1 nitrogen and oxygen atoms in total. The molecular weight excluding hydrogens is 220 g/mol. The number of carbonyl (C=O) groups is 1. The first kappa shape index (κ1) is 14.1. The lowest BCUT2D eigenvalue weighted by atomic mass is 9.74. The van der Waals surface area contributed by atoms with Gasteiger partial charge < -0.3 is 0 Å². The van der Waals surface area contributed by atoms with Gasteiger partial charge in [-0.25, -0.2) is 0 Å². The predicted molar refractivity (Wildman–Crippen MR) is 76.6 cm³/mol. The Morgan fingerprint density at radius 2 is 1.50 bits per heavy atom. The topological polar surface area (TPSA) is 17.1 Å². The van der Waals surface area contributed by atoms with Gasteiger partial charge in [0.25, 0.3) is 0 Å². The van der Waals surface area contributed by atoms with Crippen LogP contribution in [-0.4, -0.2) is 5.78 Å². The Balaban J connectivity index is 1.68. The van der Waals surface area contributed by atoms with Crippen molar-refractivity contribution in [1.29, 1.82) is 0 Å². The Hall–Kier alpha value is -0.330. The molecule has 2 aliphatic rings. The van der Waals surface area contributed by atoms with Crippen molar-refractivity contribution in [3.63, 3.8) is 0 Å². The van der Waals surface area contributed by atoms with Gasteiger partial charge in [0.05, 0.1) is 0 Å². The molecule has 0 atom stereocenters. The molecule has 0 spiro atoms. The molecule has 0 aromatic heterocycles. The summed E-state index contributed by atoms with van der Waals surface area (Å²) in [7, 11) is 0. The van der Waals surface area contributed by atoms with Crippen LogP contribution >= 0.6 is 0 Å². The first-order valence-corrected chi connectivity index (χ1v) is 8.32. The third-order valence-electron chi connectivity index (χ3n) is 5.19. The minimum Gasteiger partial charge on any atom is -0.299 e. The fraction of sp³-hybridized carbons (Fsp3) is 0.941. The number of Topliss-reactive ketones (excluding diaryl/α,β-unsaturated/α-hetero) is 1. The van der Waals surface area contributed by atoms with Crippen LogP contribution in [0.4, 0.5) is 0 Å². The highest BCUT2D eigenvalue weighted by atomic mass is 16.1. The van der Waals surface area contributed by atoms with Crippen molar-refractivity contribution in [2.24, 2.45) is 17.8 Å². The molecule has 18 heavy (non-hydrogen) atoms. The van der Waals surface area contributed by atoms with Gasteiger partial charge in [-0.15, -0.1) is 0 Å². The third kappa shape index (κ3) is 4.10. The molecule has 0 aliphatic heterocycles. The van der Waals surface area contributed by atoms with Crippen molar-refractivity contribution in [1.82, 2.24) is 0 Å². The maximum atomic E-state index is 11.9. The second kappa shape index (κ2) is 7.31. The SMILES string of the molecule is CCCC(=O)C1CCC(CC2CCCCC2)CC1. The van der Waals surface area contributed by atoms with E-state index in [0.29, 0.717) is 11.7 Å². The Bertz CT molecular complexity index is 244. The molecule has 0 aromatic carbocycles. The summed E-state index contributed by atoms with van der Waals surface area (Å²) in [5.74, 6) is 2.94. The number of carbonyl (C=O) groups excluding carboxylic acids is 1. The summed E-state index contributed by atoms with van der Waals surface area (Å²) in [6.07, 6.45) is 15.7. The largest absolute Gasteiger partial charge is 0.299 e. The van der Waals surface area contributed by atoms with Crippen LogP contribution in [0.15, 0.2) is 0 Å². The van der Waals surface area contributed by atoms with E-state index in [-0.39, 0.29) is 0 Å². The zero-order valence-electron chi connectivity index (χ0n) is 12.1. The Labute approximate surface area is 113 Å². The Morgan fingerprint density at radius 1 is 0.889 bits per heavy atom. The normalized spacial score (nSPS) is 30.3. The lowest BCUT2D eigenvalue weighted by molar-refractivity contribution is -0.124. The lowest BCUT2D eigenvalue weighted by Gasteiger charge is -2.31. The molecule has 0 aromatic rings. The number of hydrogen-bond donors (Lipinski definition) is 0. The summed E-state index contributed by atoms with van der Waals surface area (Å²) in [5, 5.41) is 0. The fourth-order valence-corrected chi connectivity index (χ4v) is 4.06. The summed E-state index contributed by atoms with van der Waals surface area (Å²) in [6, 6.07) is 0. The van der Waals surface area contributed by atoms with Gasteiger partial charge in [0.2, 0.25) is 0 Å². The van der Waals surface area contributed by atoms with Crippen molar-refractivity contribution < 1.29 is 4.79 Å².